The van der Waals surface area contributed by atoms with E-state index in [-0.39, 0.29) is 17.8 Å². The van der Waals surface area contributed by atoms with Crippen molar-refractivity contribution < 1.29 is 18.3 Å². The van der Waals surface area contributed by atoms with E-state index in [2.05, 4.69) is 9.88 Å². The number of aromatic nitrogens is 3. The van der Waals surface area contributed by atoms with Crippen molar-refractivity contribution in [1.29, 1.82) is 0 Å². The Balaban J connectivity index is 1.36. The fraction of sp³-hybridized carbons (Fsp3) is 0.462. The Morgan fingerprint density at radius 3 is 2.63 bits per heavy atom. The van der Waals surface area contributed by atoms with Gasteiger partial charge in [0, 0.05) is 57.9 Å². The average molecular weight is 482 g/mol. The van der Waals surface area contributed by atoms with Crippen molar-refractivity contribution in [2.45, 2.75) is 51.9 Å². The SMILES string of the molecule is CC(=O)N1CCc2nc(N3CCC(OC4=CC(C)[C@@H](F)C=C4F)CC3)c(-c3ccccn3)nc2C1. The number of amides is 1. The van der Waals surface area contributed by atoms with E-state index in [0.29, 0.717) is 51.1 Å². The number of halogens is 2. The summed E-state index contributed by atoms with van der Waals surface area (Å²) in [6, 6.07) is 5.68. The lowest BCUT2D eigenvalue weighted by Crippen LogP contribution is -2.39. The van der Waals surface area contributed by atoms with Gasteiger partial charge in [-0.3, -0.25) is 9.78 Å². The van der Waals surface area contributed by atoms with Gasteiger partial charge in [0.15, 0.2) is 17.4 Å². The van der Waals surface area contributed by atoms with Gasteiger partial charge in [-0.25, -0.2) is 18.7 Å². The molecule has 0 saturated carbocycles. The fourth-order valence-electron chi connectivity index (χ4n) is 4.73. The highest BCUT2D eigenvalue weighted by atomic mass is 19.1. The lowest BCUT2D eigenvalue weighted by molar-refractivity contribution is -0.129. The molecule has 0 N–H and O–H groups in total. The molecule has 2 atom stereocenters. The number of allylic oxidation sites excluding steroid dienone is 3. The number of pyridine rings is 1. The summed E-state index contributed by atoms with van der Waals surface area (Å²) in [6.07, 6.45) is 4.78. The molecular weight excluding hydrogens is 452 g/mol. The first-order valence-corrected chi connectivity index (χ1v) is 12.1. The molecule has 1 fully saturated rings. The maximum absolute atomic E-state index is 14.2. The summed E-state index contributed by atoms with van der Waals surface area (Å²) in [5, 5.41) is 0. The number of hydrogen-bond donors (Lipinski definition) is 0. The van der Waals surface area contributed by atoms with Gasteiger partial charge >= 0.3 is 0 Å². The summed E-state index contributed by atoms with van der Waals surface area (Å²) in [5.74, 6) is -0.0960. The molecule has 2 aromatic rings. The Hall–Kier alpha value is -3.36. The van der Waals surface area contributed by atoms with Gasteiger partial charge in [0.05, 0.1) is 23.6 Å². The van der Waals surface area contributed by atoms with Gasteiger partial charge in [0.2, 0.25) is 5.91 Å². The summed E-state index contributed by atoms with van der Waals surface area (Å²) >= 11 is 0. The van der Waals surface area contributed by atoms with Gasteiger partial charge in [-0.1, -0.05) is 13.0 Å². The maximum atomic E-state index is 14.2. The number of rotatable bonds is 4. The number of alkyl halides is 1. The quantitative estimate of drug-likeness (QED) is 0.653. The number of anilines is 1. The van der Waals surface area contributed by atoms with Crippen molar-refractivity contribution in [2.24, 2.45) is 5.92 Å². The van der Waals surface area contributed by atoms with Gasteiger partial charge in [0.1, 0.15) is 18.0 Å². The second-order valence-electron chi connectivity index (χ2n) is 9.35. The van der Waals surface area contributed by atoms with E-state index in [0.717, 1.165) is 29.0 Å². The van der Waals surface area contributed by atoms with Crippen molar-refractivity contribution in [3.8, 4) is 11.4 Å². The molecule has 35 heavy (non-hydrogen) atoms. The smallest absolute Gasteiger partial charge is 0.219 e. The molecule has 9 heteroatoms. The van der Waals surface area contributed by atoms with Gasteiger partial charge in [-0.2, -0.15) is 0 Å². The van der Waals surface area contributed by atoms with Crippen LogP contribution in [0.5, 0.6) is 0 Å². The highest BCUT2D eigenvalue weighted by Gasteiger charge is 2.30. The molecule has 0 spiro atoms. The van der Waals surface area contributed by atoms with E-state index in [1.54, 1.807) is 24.9 Å². The highest BCUT2D eigenvalue weighted by Crippen LogP contribution is 2.33. The first-order chi connectivity index (χ1) is 16.9. The summed E-state index contributed by atoms with van der Waals surface area (Å²) in [6.45, 7) is 5.68. The third kappa shape index (κ3) is 4.90. The Morgan fingerprint density at radius 2 is 1.91 bits per heavy atom. The van der Waals surface area contributed by atoms with Crippen LogP contribution in [0.2, 0.25) is 0 Å². The van der Waals surface area contributed by atoms with E-state index in [1.165, 1.54) is 6.08 Å². The van der Waals surface area contributed by atoms with Crippen molar-refractivity contribution >= 4 is 11.7 Å². The Labute approximate surface area is 203 Å². The first-order valence-electron chi connectivity index (χ1n) is 12.1. The van der Waals surface area contributed by atoms with E-state index >= 15 is 0 Å². The van der Waals surface area contributed by atoms with Crippen LogP contribution in [0, 0.1) is 5.92 Å². The molecule has 1 saturated heterocycles. The zero-order chi connectivity index (χ0) is 24.5. The molecular formula is C26H29F2N5O2. The van der Waals surface area contributed by atoms with Crippen molar-refractivity contribution in [1.82, 2.24) is 19.9 Å². The standard InChI is InChI=1S/C26H29F2N5O2/c1-16-13-24(20(28)14-19(16)27)35-18-6-10-32(11-7-18)26-25(22-5-3-4-9-29-22)30-23-15-33(17(2)34)12-8-21(23)31-26/h3-5,9,13-14,16,18-19H,6-8,10-12,15H2,1-2H3/t16?,19-/m0/s1. The van der Waals surface area contributed by atoms with Crippen LogP contribution in [0.4, 0.5) is 14.6 Å². The van der Waals surface area contributed by atoms with Gasteiger partial charge in [-0.05, 0) is 24.3 Å². The van der Waals surface area contributed by atoms with Crippen molar-refractivity contribution in [3.05, 3.63) is 59.5 Å². The van der Waals surface area contributed by atoms with Crippen LogP contribution in [0.25, 0.3) is 11.4 Å². The molecule has 184 valence electrons. The molecule has 7 nitrogen and oxygen atoms in total. The van der Waals surface area contributed by atoms with Crippen LogP contribution in [0.15, 0.2) is 48.1 Å². The zero-order valence-electron chi connectivity index (χ0n) is 20.0. The lowest BCUT2D eigenvalue weighted by atomic mass is 9.99. The van der Waals surface area contributed by atoms with E-state index in [9.17, 15) is 13.6 Å². The molecule has 1 unspecified atom stereocenters. The number of nitrogens with zero attached hydrogens (tertiary/aromatic N) is 5. The molecule has 3 aliphatic rings. The topological polar surface area (TPSA) is 71.5 Å². The summed E-state index contributed by atoms with van der Waals surface area (Å²) in [7, 11) is 0. The van der Waals surface area contributed by atoms with Crippen LogP contribution >= 0.6 is 0 Å². The molecule has 5 rings (SSSR count). The summed E-state index contributed by atoms with van der Waals surface area (Å²) in [4.78, 5) is 30.3. The normalized spacial score (nSPS) is 22.9. The van der Waals surface area contributed by atoms with E-state index in [1.807, 2.05) is 18.2 Å². The summed E-state index contributed by atoms with van der Waals surface area (Å²) in [5.41, 5.74) is 3.14. The minimum absolute atomic E-state index is 0.0266. The van der Waals surface area contributed by atoms with E-state index in [4.69, 9.17) is 14.7 Å². The van der Waals surface area contributed by atoms with Crippen LogP contribution in [0.3, 0.4) is 0 Å². The Morgan fingerprint density at radius 1 is 1.11 bits per heavy atom. The Kier molecular flexibility index (Phi) is 6.49. The van der Waals surface area contributed by atoms with Crippen LogP contribution in [0.1, 0.15) is 38.1 Å². The number of fused-ring (bicyclic) bond motifs is 1. The third-order valence-electron chi connectivity index (χ3n) is 6.84. The molecule has 2 aliphatic heterocycles. The van der Waals surface area contributed by atoms with Gasteiger partial charge < -0.3 is 14.5 Å². The minimum atomic E-state index is -1.32. The number of ether oxygens (including phenoxy) is 1. The number of piperidine rings is 1. The number of carbonyl (C=O) groups excluding carboxylic acids is 1. The lowest BCUT2D eigenvalue weighted by Gasteiger charge is -2.35. The van der Waals surface area contributed by atoms with Gasteiger partial charge in [0.25, 0.3) is 0 Å². The molecule has 2 aromatic heterocycles. The molecule has 1 amide bonds. The molecule has 0 bridgehead atoms. The molecule has 4 heterocycles. The summed E-state index contributed by atoms with van der Waals surface area (Å²) < 4.78 is 33.9. The highest BCUT2D eigenvalue weighted by molar-refractivity contribution is 5.74. The van der Waals surface area contributed by atoms with Crippen molar-refractivity contribution in [2.75, 3.05) is 24.5 Å². The predicted octanol–water partition coefficient (Wildman–Crippen LogP) is 4.15. The predicted molar refractivity (Wildman–Crippen MR) is 128 cm³/mol. The van der Waals surface area contributed by atoms with Crippen LogP contribution in [-0.4, -0.2) is 57.7 Å². The zero-order valence-corrected chi connectivity index (χ0v) is 20.0. The molecule has 1 aliphatic carbocycles. The maximum Gasteiger partial charge on any atom is 0.219 e. The Bertz CT molecular complexity index is 1160. The third-order valence-corrected chi connectivity index (χ3v) is 6.84. The minimum Gasteiger partial charge on any atom is -0.488 e. The monoisotopic (exact) mass is 481 g/mol. The molecule has 0 aromatic carbocycles. The number of hydrogen-bond acceptors (Lipinski definition) is 6. The van der Waals surface area contributed by atoms with Gasteiger partial charge in [-0.15, -0.1) is 0 Å². The van der Waals surface area contributed by atoms with Crippen LogP contribution < -0.4 is 4.90 Å². The first kappa shape index (κ1) is 23.4. The second kappa shape index (κ2) is 9.71. The van der Waals surface area contributed by atoms with Crippen LogP contribution in [-0.2, 0) is 22.5 Å². The number of carbonyl (C=O) groups is 1. The van der Waals surface area contributed by atoms with Crippen molar-refractivity contribution in [3.63, 3.8) is 0 Å². The van der Waals surface area contributed by atoms with E-state index < -0.39 is 17.9 Å². The molecule has 0 radical (unpaired) electrons. The second-order valence-corrected chi connectivity index (χ2v) is 9.35. The average Bonchev–Trinajstić information content (AvgIpc) is 2.87. The largest absolute Gasteiger partial charge is 0.488 e. The fourth-order valence-corrected chi connectivity index (χ4v) is 4.73.